The van der Waals surface area contributed by atoms with Gasteiger partial charge in [-0.05, 0) is 19.3 Å². The Balaban J connectivity index is 0.000000396. The smallest absolute Gasteiger partial charge is 0.303 e. The summed E-state index contributed by atoms with van der Waals surface area (Å²) in [6.07, 6.45) is 4.17. The van der Waals surface area contributed by atoms with Gasteiger partial charge in [0.2, 0.25) is 0 Å². The van der Waals surface area contributed by atoms with E-state index in [4.69, 9.17) is 15.3 Å². The fourth-order valence-electron chi connectivity index (χ4n) is 1.43. The molecule has 8 heteroatoms. The number of carbonyl (C=O) groups is 3. The van der Waals surface area contributed by atoms with Crippen molar-refractivity contribution in [2.24, 2.45) is 0 Å². The van der Waals surface area contributed by atoms with Gasteiger partial charge in [-0.2, -0.15) is 0 Å². The number of rotatable bonds is 8. The number of hydrogen-bond acceptors (Lipinski definition) is 5. The van der Waals surface area contributed by atoms with Crippen LogP contribution in [0.1, 0.15) is 44.9 Å². The van der Waals surface area contributed by atoms with Crippen LogP contribution >= 0.6 is 21.6 Å². The van der Waals surface area contributed by atoms with Gasteiger partial charge in [0.1, 0.15) is 0 Å². The van der Waals surface area contributed by atoms with Crippen molar-refractivity contribution in [3.63, 3.8) is 0 Å². The molecule has 1 atom stereocenters. The Morgan fingerprint density at radius 2 is 1.45 bits per heavy atom. The first-order valence-electron chi connectivity index (χ1n) is 6.35. The summed E-state index contributed by atoms with van der Waals surface area (Å²) < 4.78 is 0. The lowest BCUT2D eigenvalue weighted by Gasteiger charge is -2.04. The van der Waals surface area contributed by atoms with Gasteiger partial charge in [-0.1, -0.05) is 28.0 Å². The van der Waals surface area contributed by atoms with Gasteiger partial charge in [0.25, 0.3) is 0 Å². The largest absolute Gasteiger partial charge is 0.481 e. The van der Waals surface area contributed by atoms with Crippen LogP contribution in [0.2, 0.25) is 0 Å². The highest BCUT2D eigenvalue weighted by atomic mass is 33.1. The Morgan fingerprint density at radius 3 is 1.85 bits per heavy atom. The van der Waals surface area contributed by atoms with Crippen molar-refractivity contribution in [1.82, 2.24) is 0 Å². The van der Waals surface area contributed by atoms with Gasteiger partial charge >= 0.3 is 17.9 Å². The maximum Gasteiger partial charge on any atom is 0.303 e. The van der Waals surface area contributed by atoms with E-state index >= 15 is 0 Å². The van der Waals surface area contributed by atoms with Gasteiger partial charge in [-0.25, -0.2) is 0 Å². The highest BCUT2D eigenvalue weighted by Gasteiger charge is 2.15. The molecule has 6 nitrogen and oxygen atoms in total. The van der Waals surface area contributed by atoms with Crippen molar-refractivity contribution in [2.75, 3.05) is 5.75 Å². The van der Waals surface area contributed by atoms with Crippen LogP contribution in [0, 0.1) is 0 Å². The average Bonchev–Trinajstić information content (AvgIpc) is 2.86. The minimum atomic E-state index is -1.08. The third-order valence-corrected chi connectivity index (χ3v) is 5.45. The van der Waals surface area contributed by atoms with Crippen LogP contribution in [0.15, 0.2) is 0 Å². The monoisotopic (exact) mass is 324 g/mol. The predicted octanol–water partition coefficient (Wildman–Crippen LogP) is 2.72. The maximum atomic E-state index is 10.2. The standard InChI is InChI=1S/C8H14O2S2.C4H6O4/c9-8(10)4-2-1-3-7-5-6-11-12-7;5-3(6)1-2-4(7)8/h7H,1-6H2,(H,9,10);1-2H2,(H,5,6)(H,7,8). The van der Waals surface area contributed by atoms with Crippen LogP contribution in [-0.4, -0.2) is 44.2 Å². The van der Waals surface area contributed by atoms with Crippen LogP contribution in [0.3, 0.4) is 0 Å². The van der Waals surface area contributed by atoms with Gasteiger partial charge in [0.15, 0.2) is 0 Å². The Bertz CT molecular complexity index is 301. The fraction of sp³-hybridized carbons (Fsp3) is 0.750. The van der Waals surface area contributed by atoms with Crippen molar-refractivity contribution < 1.29 is 29.7 Å². The van der Waals surface area contributed by atoms with Crippen molar-refractivity contribution in [3.05, 3.63) is 0 Å². The van der Waals surface area contributed by atoms with Crippen LogP contribution in [0.5, 0.6) is 0 Å². The molecule has 1 heterocycles. The molecule has 0 bridgehead atoms. The molecule has 0 amide bonds. The number of aliphatic carboxylic acids is 3. The second-order valence-electron chi connectivity index (χ2n) is 4.26. The van der Waals surface area contributed by atoms with Crippen LogP contribution in [0.25, 0.3) is 0 Å². The number of unbranched alkanes of at least 4 members (excludes halogenated alkanes) is 1. The lowest BCUT2D eigenvalue weighted by atomic mass is 10.1. The first-order chi connectivity index (χ1) is 9.41. The summed E-state index contributed by atoms with van der Waals surface area (Å²) in [6.45, 7) is 0. The maximum absolute atomic E-state index is 10.2. The summed E-state index contributed by atoms with van der Waals surface area (Å²) in [6, 6.07) is 0. The van der Waals surface area contributed by atoms with Crippen molar-refractivity contribution in [1.29, 1.82) is 0 Å². The summed E-state index contributed by atoms with van der Waals surface area (Å²) in [4.78, 5) is 29.5. The third kappa shape index (κ3) is 13.5. The van der Waals surface area contributed by atoms with Gasteiger partial charge in [0.05, 0.1) is 12.8 Å². The van der Waals surface area contributed by atoms with E-state index in [9.17, 15) is 14.4 Å². The first kappa shape index (κ1) is 19.1. The molecule has 1 saturated heterocycles. The second-order valence-corrected chi connectivity index (χ2v) is 7.04. The number of hydrogen-bond donors (Lipinski definition) is 3. The second kappa shape index (κ2) is 11.9. The quantitative estimate of drug-likeness (QED) is 0.461. The Hall–Kier alpha value is -0.890. The summed E-state index contributed by atoms with van der Waals surface area (Å²) >= 11 is 0. The zero-order valence-electron chi connectivity index (χ0n) is 11.1. The minimum absolute atomic E-state index is 0.296. The molecule has 3 N–H and O–H groups in total. The molecule has 1 aliphatic heterocycles. The lowest BCUT2D eigenvalue weighted by molar-refractivity contribution is -0.143. The molecule has 0 aromatic heterocycles. The Labute approximate surface area is 125 Å². The Morgan fingerprint density at radius 1 is 0.900 bits per heavy atom. The van der Waals surface area contributed by atoms with Gasteiger partial charge < -0.3 is 15.3 Å². The molecule has 116 valence electrons. The molecule has 0 aromatic carbocycles. The zero-order valence-corrected chi connectivity index (χ0v) is 12.8. The third-order valence-electron chi connectivity index (χ3n) is 2.45. The lowest BCUT2D eigenvalue weighted by Crippen LogP contribution is -2.00. The summed E-state index contributed by atoms with van der Waals surface area (Å²) in [5.41, 5.74) is 0. The summed E-state index contributed by atoms with van der Waals surface area (Å²) in [5.74, 6) is -1.54. The number of carboxylic acids is 3. The molecule has 20 heavy (non-hydrogen) atoms. The molecule has 1 fully saturated rings. The summed E-state index contributed by atoms with van der Waals surface area (Å²) in [7, 11) is 3.92. The normalized spacial score (nSPS) is 17.1. The predicted molar refractivity (Wildman–Crippen MR) is 79.1 cm³/mol. The van der Waals surface area contributed by atoms with E-state index in [0.717, 1.165) is 18.1 Å². The molecule has 0 aromatic rings. The molecule has 1 rings (SSSR count). The van der Waals surface area contributed by atoms with E-state index in [0.29, 0.717) is 6.42 Å². The fourth-order valence-corrected chi connectivity index (χ4v) is 4.45. The first-order valence-corrected chi connectivity index (χ1v) is 8.73. The van der Waals surface area contributed by atoms with E-state index in [1.54, 1.807) is 0 Å². The molecule has 0 saturated carbocycles. The molecule has 0 spiro atoms. The van der Waals surface area contributed by atoms with E-state index in [-0.39, 0.29) is 12.8 Å². The van der Waals surface area contributed by atoms with Crippen molar-refractivity contribution in [3.8, 4) is 0 Å². The molecular weight excluding hydrogens is 304 g/mol. The average molecular weight is 324 g/mol. The van der Waals surface area contributed by atoms with Crippen molar-refractivity contribution >= 4 is 39.5 Å². The number of carboxylic acid groups (broad SMARTS) is 3. The van der Waals surface area contributed by atoms with E-state index < -0.39 is 17.9 Å². The minimum Gasteiger partial charge on any atom is -0.481 e. The molecule has 0 radical (unpaired) electrons. The van der Waals surface area contributed by atoms with Gasteiger partial charge in [-0.3, -0.25) is 14.4 Å². The Kier molecular flexibility index (Phi) is 11.4. The van der Waals surface area contributed by atoms with Crippen LogP contribution < -0.4 is 0 Å². The topological polar surface area (TPSA) is 112 Å². The van der Waals surface area contributed by atoms with Crippen LogP contribution in [0.4, 0.5) is 0 Å². The molecule has 0 aliphatic carbocycles. The van der Waals surface area contributed by atoms with E-state index in [1.807, 2.05) is 21.6 Å². The van der Waals surface area contributed by atoms with E-state index in [1.165, 1.54) is 18.6 Å². The van der Waals surface area contributed by atoms with E-state index in [2.05, 4.69) is 0 Å². The SMILES string of the molecule is O=C(O)CCC(=O)O.O=C(O)CCCCC1CCSS1. The zero-order chi connectivity index (χ0) is 15.4. The van der Waals surface area contributed by atoms with Gasteiger partial charge in [-0.15, -0.1) is 0 Å². The van der Waals surface area contributed by atoms with Crippen molar-refractivity contribution in [2.45, 2.75) is 50.2 Å². The molecular formula is C12H20O6S2. The molecule has 1 aliphatic rings. The highest BCUT2D eigenvalue weighted by molar-refractivity contribution is 8.77. The highest BCUT2D eigenvalue weighted by Crippen LogP contribution is 2.39. The van der Waals surface area contributed by atoms with Crippen LogP contribution in [-0.2, 0) is 14.4 Å². The molecule has 1 unspecified atom stereocenters. The van der Waals surface area contributed by atoms with Gasteiger partial charge in [0, 0.05) is 17.4 Å². The summed E-state index contributed by atoms with van der Waals surface area (Å²) in [5, 5.41) is 25.0.